The van der Waals surface area contributed by atoms with Gasteiger partial charge in [0.2, 0.25) is 0 Å². The van der Waals surface area contributed by atoms with Gasteiger partial charge in [-0.05, 0) is 40.1 Å². The van der Waals surface area contributed by atoms with Gasteiger partial charge in [-0.15, -0.1) is 0 Å². The van der Waals surface area contributed by atoms with Crippen LogP contribution < -0.4 is 0 Å². The minimum Gasteiger partial charge on any atom is -0.455 e. The summed E-state index contributed by atoms with van der Waals surface area (Å²) in [5.74, 6) is 0.659. The maximum atomic E-state index is 6.69. The normalized spacial score (nSPS) is 11.5. The van der Waals surface area contributed by atoms with Crippen LogP contribution in [-0.4, -0.2) is 15.0 Å². The molecule has 4 heteroatoms. The van der Waals surface area contributed by atoms with E-state index in [2.05, 4.69) is 140 Å². The molecule has 0 saturated heterocycles. The van der Waals surface area contributed by atoms with E-state index >= 15 is 0 Å². The van der Waals surface area contributed by atoms with E-state index in [4.69, 9.17) is 19.4 Å². The molecule has 0 amide bonds. The molecule has 10 aromatic rings. The van der Waals surface area contributed by atoms with Gasteiger partial charge >= 0.3 is 0 Å². The number of benzene rings is 7. The van der Waals surface area contributed by atoms with Crippen molar-refractivity contribution in [3.63, 3.8) is 0 Å². The van der Waals surface area contributed by atoms with E-state index in [-0.39, 0.29) is 0 Å². The van der Waals surface area contributed by atoms with Crippen LogP contribution in [0.1, 0.15) is 0 Å². The largest absolute Gasteiger partial charge is 0.455 e. The summed E-state index contributed by atoms with van der Waals surface area (Å²) in [5.41, 5.74) is 11.3. The Balaban J connectivity index is 1.24. The van der Waals surface area contributed by atoms with E-state index in [0.29, 0.717) is 5.82 Å². The van der Waals surface area contributed by atoms with E-state index in [1.807, 2.05) is 36.4 Å². The Morgan fingerprint density at radius 2 is 0.980 bits per heavy atom. The molecule has 0 aliphatic carbocycles. The number of nitrogens with zero attached hydrogens (tertiary/aromatic N) is 3. The van der Waals surface area contributed by atoms with Crippen LogP contribution >= 0.6 is 0 Å². The molecule has 0 bridgehead atoms. The van der Waals surface area contributed by atoms with Gasteiger partial charge in [0.1, 0.15) is 11.2 Å². The summed E-state index contributed by atoms with van der Waals surface area (Å²) in [6.45, 7) is 0. The SMILES string of the molecule is c1ccc(-c2ccc(-c3cc(-c4cccc5c4nc(-c4cccc6ccccc46)c4c6ccccc6oc54)nc(-c4ccccc4)n3)cc2)cc1. The van der Waals surface area contributed by atoms with Crippen LogP contribution in [0.25, 0.3) is 99.9 Å². The number of hydrogen-bond acceptors (Lipinski definition) is 4. The highest BCUT2D eigenvalue weighted by Gasteiger charge is 2.22. The van der Waals surface area contributed by atoms with Crippen molar-refractivity contribution in [2.45, 2.75) is 0 Å². The molecule has 0 unspecified atom stereocenters. The third-order valence-corrected chi connectivity index (χ3v) is 9.70. The molecule has 0 spiro atoms. The van der Waals surface area contributed by atoms with Crippen molar-refractivity contribution in [2.75, 3.05) is 0 Å². The monoisotopic (exact) mass is 651 g/mol. The van der Waals surface area contributed by atoms with Crippen molar-refractivity contribution in [1.82, 2.24) is 15.0 Å². The molecule has 0 fully saturated rings. The van der Waals surface area contributed by atoms with E-state index in [1.54, 1.807) is 0 Å². The standard InChI is InChI=1S/C47H29N3O/c1-3-13-30(14-4-1)31-25-27-33(28-26-31)40-29-41(49-47(48-40)34-16-5-2-6-17-34)37-22-12-23-39-44(37)50-45(36-21-11-18-32-15-7-8-19-35(32)36)43-38-20-9-10-24-42(38)51-46(39)43/h1-29H. The second-order valence-electron chi connectivity index (χ2n) is 12.8. The zero-order valence-electron chi connectivity index (χ0n) is 27.5. The Morgan fingerprint density at radius 3 is 1.80 bits per heavy atom. The van der Waals surface area contributed by atoms with Gasteiger partial charge in [-0.3, -0.25) is 0 Å². The zero-order chi connectivity index (χ0) is 33.7. The first-order valence-electron chi connectivity index (χ1n) is 17.1. The van der Waals surface area contributed by atoms with Crippen LogP contribution in [-0.2, 0) is 0 Å². The molecule has 3 heterocycles. The fourth-order valence-corrected chi connectivity index (χ4v) is 7.23. The number of fused-ring (bicyclic) bond motifs is 6. The second-order valence-corrected chi connectivity index (χ2v) is 12.8. The average Bonchev–Trinajstić information content (AvgIpc) is 3.61. The molecule has 10 rings (SSSR count). The molecule has 7 aromatic carbocycles. The number of pyridine rings is 1. The molecule has 0 atom stereocenters. The fourth-order valence-electron chi connectivity index (χ4n) is 7.23. The number of para-hydroxylation sites is 2. The van der Waals surface area contributed by atoms with Crippen LogP contribution in [0.2, 0.25) is 0 Å². The highest BCUT2D eigenvalue weighted by atomic mass is 16.3. The number of rotatable bonds is 5. The molecule has 0 aliphatic heterocycles. The molecular weight excluding hydrogens is 623 g/mol. The van der Waals surface area contributed by atoms with Crippen LogP contribution in [0.5, 0.6) is 0 Å². The molecule has 3 aromatic heterocycles. The van der Waals surface area contributed by atoms with Crippen LogP contribution in [0.15, 0.2) is 180 Å². The van der Waals surface area contributed by atoms with Gasteiger partial charge in [0.15, 0.2) is 5.82 Å². The predicted octanol–water partition coefficient (Wildman–Crippen LogP) is 12.4. The van der Waals surface area contributed by atoms with Crippen molar-refractivity contribution in [1.29, 1.82) is 0 Å². The summed E-state index contributed by atoms with van der Waals surface area (Å²) >= 11 is 0. The van der Waals surface area contributed by atoms with Crippen molar-refractivity contribution in [3.05, 3.63) is 176 Å². The minimum absolute atomic E-state index is 0.659. The fraction of sp³-hybridized carbons (Fsp3) is 0. The molecule has 4 nitrogen and oxygen atoms in total. The maximum Gasteiger partial charge on any atom is 0.160 e. The van der Waals surface area contributed by atoms with Gasteiger partial charge in [0, 0.05) is 33.0 Å². The maximum absolute atomic E-state index is 6.69. The first kappa shape index (κ1) is 29.0. The highest BCUT2D eigenvalue weighted by molar-refractivity contribution is 6.22. The summed E-state index contributed by atoms with van der Waals surface area (Å²) < 4.78 is 6.69. The summed E-state index contributed by atoms with van der Waals surface area (Å²) in [6.07, 6.45) is 0. The lowest BCUT2D eigenvalue weighted by Crippen LogP contribution is -1.97. The van der Waals surface area contributed by atoms with Gasteiger partial charge < -0.3 is 4.42 Å². The van der Waals surface area contributed by atoms with Crippen molar-refractivity contribution in [3.8, 4) is 56.3 Å². The molecule has 0 aliphatic rings. The smallest absolute Gasteiger partial charge is 0.160 e. The third kappa shape index (κ3) is 4.96. The summed E-state index contributed by atoms with van der Waals surface area (Å²) in [4.78, 5) is 15.9. The predicted molar refractivity (Wildman–Crippen MR) is 209 cm³/mol. The Kier molecular flexibility index (Phi) is 6.78. The third-order valence-electron chi connectivity index (χ3n) is 9.70. The van der Waals surface area contributed by atoms with Crippen LogP contribution in [0.3, 0.4) is 0 Å². The van der Waals surface area contributed by atoms with Gasteiger partial charge in [-0.1, -0.05) is 158 Å². The van der Waals surface area contributed by atoms with E-state index < -0.39 is 0 Å². The Hall–Kier alpha value is -6.91. The number of hydrogen-bond donors (Lipinski definition) is 0. The van der Waals surface area contributed by atoms with Crippen LogP contribution in [0, 0.1) is 0 Å². The van der Waals surface area contributed by atoms with Gasteiger partial charge in [0.25, 0.3) is 0 Å². The van der Waals surface area contributed by atoms with E-state index in [0.717, 1.165) is 88.5 Å². The van der Waals surface area contributed by atoms with E-state index in [1.165, 1.54) is 5.56 Å². The zero-order valence-corrected chi connectivity index (χ0v) is 27.5. The quantitative estimate of drug-likeness (QED) is 0.186. The Bertz CT molecular complexity index is 2890. The highest BCUT2D eigenvalue weighted by Crippen LogP contribution is 2.43. The van der Waals surface area contributed by atoms with E-state index in [9.17, 15) is 0 Å². The molecular formula is C47H29N3O. The molecule has 0 N–H and O–H groups in total. The lowest BCUT2D eigenvalue weighted by Gasteiger charge is -2.13. The summed E-state index contributed by atoms with van der Waals surface area (Å²) in [7, 11) is 0. The number of furan rings is 1. The van der Waals surface area contributed by atoms with Crippen molar-refractivity contribution in [2.24, 2.45) is 0 Å². The lowest BCUT2D eigenvalue weighted by molar-refractivity contribution is 0.672. The van der Waals surface area contributed by atoms with Gasteiger partial charge in [0.05, 0.1) is 28.0 Å². The van der Waals surface area contributed by atoms with Crippen molar-refractivity contribution >= 4 is 43.6 Å². The topological polar surface area (TPSA) is 51.8 Å². The second kappa shape index (κ2) is 11.9. The molecule has 238 valence electrons. The summed E-state index contributed by atoms with van der Waals surface area (Å²) in [5, 5.41) is 5.31. The lowest BCUT2D eigenvalue weighted by atomic mass is 9.96. The molecule has 0 radical (unpaired) electrons. The minimum atomic E-state index is 0.659. The molecule has 51 heavy (non-hydrogen) atoms. The van der Waals surface area contributed by atoms with Crippen LogP contribution in [0.4, 0.5) is 0 Å². The average molecular weight is 652 g/mol. The molecule has 0 saturated carbocycles. The Morgan fingerprint density at radius 1 is 0.392 bits per heavy atom. The van der Waals surface area contributed by atoms with Crippen molar-refractivity contribution < 1.29 is 4.42 Å². The first-order valence-corrected chi connectivity index (χ1v) is 17.1. The van der Waals surface area contributed by atoms with Gasteiger partial charge in [-0.25, -0.2) is 15.0 Å². The van der Waals surface area contributed by atoms with Gasteiger partial charge in [-0.2, -0.15) is 0 Å². The first-order chi connectivity index (χ1) is 25.3. The Labute approximate surface area is 294 Å². The summed E-state index contributed by atoms with van der Waals surface area (Å²) in [6, 6.07) is 60.7. The number of aromatic nitrogens is 3.